The molecule has 0 radical (unpaired) electrons. The Balaban J connectivity index is 1.94. The van der Waals surface area contributed by atoms with Gasteiger partial charge >= 0.3 is 5.63 Å². The van der Waals surface area contributed by atoms with E-state index in [4.69, 9.17) is 27.6 Å². The summed E-state index contributed by atoms with van der Waals surface area (Å²) < 4.78 is 5.24. The number of nitrogens with one attached hydrogen (secondary N) is 1. The highest BCUT2D eigenvalue weighted by Crippen LogP contribution is 2.27. The predicted octanol–water partition coefficient (Wildman–Crippen LogP) is 3.65. The number of hydrogen-bond acceptors (Lipinski definition) is 5. The summed E-state index contributed by atoms with van der Waals surface area (Å²) in [6, 6.07) is 7.91. The SMILES string of the molecule is C/C(=N\NC(=O)c1cccnc1)c1cc2cc(Cl)cc(Cl)c2oc1=O. The number of pyridine rings is 1. The zero-order valence-electron chi connectivity index (χ0n) is 12.9. The molecule has 0 bridgehead atoms. The Morgan fingerprint density at radius 2 is 2.08 bits per heavy atom. The molecule has 2 heterocycles. The van der Waals surface area contributed by atoms with Gasteiger partial charge in [-0.3, -0.25) is 9.78 Å². The quantitative estimate of drug-likeness (QED) is 0.430. The molecule has 1 aromatic carbocycles. The van der Waals surface area contributed by atoms with Crippen LogP contribution in [0.3, 0.4) is 0 Å². The Bertz CT molecular complexity index is 1050. The van der Waals surface area contributed by atoms with Gasteiger partial charge in [0.15, 0.2) is 5.58 Å². The van der Waals surface area contributed by atoms with Crippen molar-refractivity contribution in [1.82, 2.24) is 10.4 Å². The third-order valence-corrected chi connectivity index (χ3v) is 3.89. The van der Waals surface area contributed by atoms with Crippen molar-refractivity contribution in [1.29, 1.82) is 0 Å². The number of carbonyl (C=O) groups excluding carboxylic acids is 1. The predicted molar refractivity (Wildman–Crippen MR) is 96.4 cm³/mol. The van der Waals surface area contributed by atoms with Crippen LogP contribution in [0.15, 0.2) is 57.0 Å². The van der Waals surface area contributed by atoms with E-state index in [0.29, 0.717) is 16.0 Å². The largest absolute Gasteiger partial charge is 0.421 e. The first-order chi connectivity index (χ1) is 12.0. The van der Waals surface area contributed by atoms with Crippen LogP contribution in [-0.2, 0) is 0 Å². The number of nitrogens with zero attached hydrogens (tertiary/aromatic N) is 2. The van der Waals surface area contributed by atoms with E-state index in [1.54, 1.807) is 37.4 Å². The molecule has 25 heavy (non-hydrogen) atoms. The summed E-state index contributed by atoms with van der Waals surface area (Å²) in [7, 11) is 0. The fraction of sp³-hybridized carbons (Fsp3) is 0.0588. The molecule has 0 unspecified atom stereocenters. The third kappa shape index (κ3) is 3.70. The molecule has 6 nitrogen and oxygen atoms in total. The highest BCUT2D eigenvalue weighted by Gasteiger charge is 2.12. The normalized spacial score (nSPS) is 11.6. The molecule has 0 fully saturated rings. The fourth-order valence-electron chi connectivity index (χ4n) is 2.17. The van der Waals surface area contributed by atoms with E-state index in [1.165, 1.54) is 12.3 Å². The molecule has 1 N–H and O–H groups in total. The highest BCUT2D eigenvalue weighted by atomic mass is 35.5. The molecule has 1 amide bonds. The number of aromatic nitrogens is 1. The minimum absolute atomic E-state index is 0.192. The molecule has 3 aromatic rings. The minimum Gasteiger partial charge on any atom is -0.421 e. The minimum atomic E-state index is -0.617. The van der Waals surface area contributed by atoms with Crippen LogP contribution in [0.1, 0.15) is 22.8 Å². The molecular formula is C17H11Cl2N3O3. The van der Waals surface area contributed by atoms with Crippen LogP contribution in [0.2, 0.25) is 10.0 Å². The zero-order chi connectivity index (χ0) is 18.0. The second kappa shape index (κ2) is 7.04. The van der Waals surface area contributed by atoms with E-state index in [2.05, 4.69) is 15.5 Å². The molecule has 126 valence electrons. The third-order valence-electron chi connectivity index (χ3n) is 3.39. The summed E-state index contributed by atoms with van der Waals surface area (Å²) in [6.45, 7) is 1.58. The summed E-state index contributed by atoms with van der Waals surface area (Å²) in [5, 5.41) is 5.16. The molecule has 0 aliphatic rings. The van der Waals surface area contributed by atoms with E-state index in [-0.39, 0.29) is 21.9 Å². The average molecular weight is 376 g/mol. The standard InChI is InChI=1S/C17H11Cl2N3O3/c1-9(21-22-16(23)10-3-2-4-20-8-10)13-6-11-5-12(18)7-14(19)15(11)25-17(13)24/h2-8H,1H3,(H,22,23)/b21-9+. The number of fused-ring (bicyclic) bond motifs is 1. The van der Waals surface area contributed by atoms with Crippen molar-refractivity contribution in [2.75, 3.05) is 0 Å². The monoisotopic (exact) mass is 375 g/mol. The highest BCUT2D eigenvalue weighted by molar-refractivity contribution is 6.38. The number of hydrazone groups is 1. The first-order valence-corrected chi connectivity index (χ1v) is 7.89. The van der Waals surface area contributed by atoms with Gasteiger partial charge in [0.05, 0.1) is 21.9 Å². The second-order valence-corrected chi connectivity index (χ2v) is 5.98. The maximum atomic E-state index is 12.2. The molecule has 2 aromatic heterocycles. The lowest BCUT2D eigenvalue weighted by Crippen LogP contribution is -2.21. The summed E-state index contributed by atoms with van der Waals surface area (Å²) in [4.78, 5) is 28.0. The fourth-order valence-corrected chi connectivity index (χ4v) is 2.71. The second-order valence-electron chi connectivity index (χ2n) is 5.13. The number of benzene rings is 1. The molecule has 3 rings (SSSR count). The van der Waals surface area contributed by atoms with Gasteiger partial charge in [0.25, 0.3) is 5.91 Å². The average Bonchev–Trinajstić information content (AvgIpc) is 2.60. The number of amides is 1. The maximum absolute atomic E-state index is 12.2. The van der Waals surface area contributed by atoms with Gasteiger partial charge in [0, 0.05) is 22.8 Å². The van der Waals surface area contributed by atoms with Crippen molar-refractivity contribution in [2.45, 2.75) is 6.92 Å². The van der Waals surface area contributed by atoms with Crippen LogP contribution in [-0.4, -0.2) is 16.6 Å². The van der Waals surface area contributed by atoms with Crippen LogP contribution in [0, 0.1) is 0 Å². The molecule has 0 atom stereocenters. The van der Waals surface area contributed by atoms with E-state index < -0.39 is 11.5 Å². The summed E-state index contributed by atoms with van der Waals surface area (Å²) >= 11 is 12.0. The molecule has 0 saturated heterocycles. The lowest BCUT2D eigenvalue weighted by molar-refractivity contribution is 0.0954. The topological polar surface area (TPSA) is 84.6 Å². The number of halogens is 2. The number of carbonyl (C=O) groups is 1. The van der Waals surface area contributed by atoms with Crippen LogP contribution < -0.4 is 11.1 Å². The van der Waals surface area contributed by atoms with Crippen LogP contribution in [0.4, 0.5) is 0 Å². The summed E-state index contributed by atoms with van der Waals surface area (Å²) in [5.74, 6) is -0.441. The Hall–Kier alpha value is -2.70. The summed E-state index contributed by atoms with van der Waals surface area (Å²) in [6.07, 6.45) is 2.97. The van der Waals surface area contributed by atoms with E-state index in [9.17, 15) is 9.59 Å². The number of hydrogen-bond donors (Lipinski definition) is 1. The first-order valence-electron chi connectivity index (χ1n) is 7.13. The summed E-state index contributed by atoms with van der Waals surface area (Å²) in [5.41, 5.74) is 2.82. The van der Waals surface area contributed by atoms with Crippen LogP contribution in [0.5, 0.6) is 0 Å². The van der Waals surface area contributed by atoms with Gasteiger partial charge in [0.2, 0.25) is 0 Å². The van der Waals surface area contributed by atoms with Gasteiger partial charge < -0.3 is 4.42 Å². The van der Waals surface area contributed by atoms with E-state index in [0.717, 1.165) is 0 Å². The van der Waals surface area contributed by atoms with Gasteiger partial charge in [-0.25, -0.2) is 10.2 Å². The van der Waals surface area contributed by atoms with Gasteiger partial charge in [-0.2, -0.15) is 5.10 Å². The first kappa shape index (κ1) is 17.1. The van der Waals surface area contributed by atoms with Crippen molar-refractivity contribution in [2.24, 2.45) is 5.10 Å². The number of rotatable bonds is 3. The van der Waals surface area contributed by atoms with Crippen molar-refractivity contribution in [3.8, 4) is 0 Å². The van der Waals surface area contributed by atoms with Gasteiger partial charge in [-0.05, 0) is 37.3 Å². The molecular weight excluding hydrogens is 365 g/mol. The van der Waals surface area contributed by atoms with Crippen LogP contribution >= 0.6 is 23.2 Å². The Labute approximate surface area is 152 Å². The van der Waals surface area contributed by atoms with Crippen molar-refractivity contribution in [3.63, 3.8) is 0 Å². The Kier molecular flexibility index (Phi) is 4.83. The van der Waals surface area contributed by atoms with Crippen molar-refractivity contribution >= 4 is 45.8 Å². The van der Waals surface area contributed by atoms with E-state index >= 15 is 0 Å². The van der Waals surface area contributed by atoms with Crippen LogP contribution in [0.25, 0.3) is 11.0 Å². The molecule has 0 saturated carbocycles. The van der Waals surface area contributed by atoms with Gasteiger partial charge in [-0.15, -0.1) is 0 Å². The molecule has 0 aliphatic heterocycles. The molecule has 8 heteroatoms. The zero-order valence-corrected chi connectivity index (χ0v) is 14.4. The van der Waals surface area contributed by atoms with Gasteiger partial charge in [-0.1, -0.05) is 23.2 Å². The molecule has 0 aliphatic carbocycles. The lowest BCUT2D eigenvalue weighted by Gasteiger charge is -2.05. The lowest BCUT2D eigenvalue weighted by atomic mass is 10.1. The Morgan fingerprint density at radius 1 is 1.28 bits per heavy atom. The smallest absolute Gasteiger partial charge is 0.345 e. The van der Waals surface area contributed by atoms with Crippen molar-refractivity contribution in [3.05, 3.63) is 74.3 Å². The van der Waals surface area contributed by atoms with Crippen molar-refractivity contribution < 1.29 is 9.21 Å². The molecule has 0 spiro atoms. The van der Waals surface area contributed by atoms with E-state index in [1.807, 2.05) is 0 Å². The Morgan fingerprint density at radius 3 is 2.80 bits per heavy atom. The van der Waals surface area contributed by atoms with Gasteiger partial charge in [0.1, 0.15) is 0 Å². The maximum Gasteiger partial charge on any atom is 0.345 e.